The monoisotopic (exact) mass is 561 g/mol. The van der Waals surface area contributed by atoms with Crippen LogP contribution in [0.5, 0.6) is 0 Å². The lowest BCUT2D eigenvalue weighted by Crippen LogP contribution is -2.72. The van der Waals surface area contributed by atoms with Gasteiger partial charge in [0.1, 0.15) is 22.7 Å². The van der Waals surface area contributed by atoms with Crippen LogP contribution < -0.4 is 16.0 Å². The van der Waals surface area contributed by atoms with Gasteiger partial charge in [-0.2, -0.15) is 0 Å². The number of aliphatic carboxylic acids is 1. The second-order valence-electron chi connectivity index (χ2n) is 8.26. The Morgan fingerprint density at radius 1 is 1.18 bits per heavy atom. The normalized spacial score (nSPS) is 24.4. The van der Waals surface area contributed by atoms with E-state index in [2.05, 4.69) is 20.9 Å². The Morgan fingerprint density at radius 2 is 1.89 bits per heavy atom. The van der Waals surface area contributed by atoms with Crippen molar-refractivity contribution in [2.24, 2.45) is 4.99 Å². The van der Waals surface area contributed by atoms with Crippen molar-refractivity contribution in [3.05, 3.63) is 70.1 Å². The predicted octanol–water partition coefficient (Wildman–Crippen LogP) is -0.664. The fraction of sp³-hybridized carbons (Fsp3) is 0.250. The van der Waals surface area contributed by atoms with Gasteiger partial charge in [0.25, 0.3) is 5.91 Å². The highest BCUT2D eigenvalue weighted by molar-refractivity contribution is 8.14. The molecule has 12 nitrogen and oxygen atoms in total. The van der Waals surface area contributed by atoms with Crippen LogP contribution in [0.25, 0.3) is 0 Å². The van der Waals surface area contributed by atoms with Crippen LogP contribution in [0.15, 0.2) is 69.5 Å². The van der Waals surface area contributed by atoms with E-state index in [1.807, 2.05) is 0 Å². The lowest BCUT2D eigenvalue weighted by atomic mass is 9.97. The van der Waals surface area contributed by atoms with E-state index in [9.17, 15) is 34.2 Å². The summed E-state index contributed by atoms with van der Waals surface area (Å²) in [5.74, 6) is -4.21. The maximum absolute atomic E-state index is 13.5. The van der Waals surface area contributed by atoms with Crippen LogP contribution in [-0.2, 0) is 34.9 Å². The summed E-state index contributed by atoms with van der Waals surface area (Å²) in [6.45, 7) is -0.540. The number of aliphatic hydroxyl groups is 2. The van der Waals surface area contributed by atoms with Crippen LogP contribution in [0.3, 0.4) is 0 Å². The second kappa shape index (κ2) is 11.2. The van der Waals surface area contributed by atoms with Crippen LogP contribution in [0.1, 0.15) is 11.6 Å². The number of nitrogens with one attached hydrogen (secondary N) is 3. The maximum Gasteiger partial charge on any atom is 0.363 e. The summed E-state index contributed by atoms with van der Waals surface area (Å²) in [5, 5.41) is 35.3. The summed E-state index contributed by atoms with van der Waals surface area (Å²) in [6, 6.07) is 5.58. The molecule has 2 amide bonds. The topological polar surface area (TPSA) is 194 Å². The molecule has 4 atom stereocenters. The van der Waals surface area contributed by atoms with Crippen molar-refractivity contribution in [2.45, 2.75) is 17.5 Å². The maximum atomic E-state index is 13.5. The zero-order chi connectivity index (χ0) is 27.6. The minimum atomic E-state index is -1.41. The molecule has 0 bridgehead atoms. The van der Waals surface area contributed by atoms with E-state index in [0.29, 0.717) is 5.56 Å². The quantitative estimate of drug-likeness (QED) is 0.176. The third kappa shape index (κ3) is 5.21. The highest BCUT2D eigenvalue weighted by atomic mass is 35.5. The van der Waals surface area contributed by atoms with E-state index in [-0.39, 0.29) is 34.7 Å². The molecule has 4 rings (SSSR count). The van der Waals surface area contributed by atoms with Crippen molar-refractivity contribution in [3.63, 3.8) is 0 Å². The summed E-state index contributed by atoms with van der Waals surface area (Å²) < 4.78 is 0. The second-order valence-corrected chi connectivity index (χ2v) is 10.8. The molecule has 1 aromatic carbocycles. The average Bonchev–Trinajstić information content (AvgIpc) is 2.90. The van der Waals surface area contributed by atoms with Gasteiger partial charge in [-0.3, -0.25) is 19.4 Å². The molecule has 0 spiro atoms. The number of carboxylic acids is 1. The van der Waals surface area contributed by atoms with Crippen LogP contribution in [0.4, 0.5) is 0 Å². The molecule has 3 aliphatic rings. The van der Waals surface area contributed by atoms with Gasteiger partial charge in [0.2, 0.25) is 23.1 Å². The van der Waals surface area contributed by atoms with Gasteiger partial charge < -0.3 is 31.3 Å². The molecular formula is C24H22ClN4O8S+. The van der Waals surface area contributed by atoms with Crippen molar-refractivity contribution in [3.8, 4) is 0 Å². The Kier molecular flexibility index (Phi) is 7.99. The molecular weight excluding hydrogens is 540 g/mol. The molecule has 1 fully saturated rings. The van der Waals surface area contributed by atoms with Gasteiger partial charge in [0.05, 0.1) is 22.5 Å². The molecule has 38 heavy (non-hydrogen) atoms. The average molecular weight is 562 g/mol. The first-order valence-corrected chi connectivity index (χ1v) is 13.1. The Bertz CT molecular complexity index is 1340. The van der Waals surface area contributed by atoms with Crippen molar-refractivity contribution in [2.75, 3.05) is 18.9 Å². The summed E-state index contributed by atoms with van der Waals surface area (Å²) in [5.41, 5.74) is -0.875. The number of carbonyl (C=O) groups is 5. The molecule has 198 valence electrons. The Hall–Kier alpha value is -3.94. The van der Waals surface area contributed by atoms with Crippen molar-refractivity contribution in [1.82, 2.24) is 16.0 Å². The number of carboxylic acid groups (broad SMARTS) is 1. The number of fused-ring (bicyclic) bond motifs is 1. The minimum Gasteiger partial charge on any atom is -0.507 e. The summed E-state index contributed by atoms with van der Waals surface area (Å²) in [6.07, 6.45) is 2.02. The Morgan fingerprint density at radius 3 is 2.55 bits per heavy atom. The minimum absolute atomic E-state index is 0.0197. The highest BCUT2D eigenvalue weighted by Gasteiger charge is 2.64. The first kappa shape index (κ1) is 27.1. The smallest absolute Gasteiger partial charge is 0.363 e. The Labute approximate surface area is 223 Å². The van der Waals surface area contributed by atoms with E-state index in [0.717, 1.165) is 12.2 Å². The number of nitrogens with zero attached hydrogens (tertiary/aromatic N) is 1. The van der Waals surface area contributed by atoms with Gasteiger partial charge in [0.15, 0.2) is 11.8 Å². The number of aliphatic hydroxyl groups excluding tert-OH is 2. The molecule has 4 unspecified atom stereocenters. The number of rotatable bonds is 8. The number of hydrogen-bond donors (Lipinski definition) is 6. The summed E-state index contributed by atoms with van der Waals surface area (Å²) in [4.78, 5) is 67.3. The number of carbonyl (C=O) groups excluding carboxylic acids is 4. The van der Waals surface area contributed by atoms with E-state index < -0.39 is 69.0 Å². The number of ketones is 1. The first-order valence-electron chi connectivity index (χ1n) is 11.2. The van der Waals surface area contributed by atoms with E-state index in [1.54, 1.807) is 30.3 Å². The fourth-order valence-corrected chi connectivity index (χ4v) is 6.57. The molecule has 2 heterocycles. The van der Waals surface area contributed by atoms with Crippen LogP contribution >= 0.6 is 11.6 Å². The standard InChI is InChI=1S/C24H21ClN4O8S/c25-12-10-38-22(29-17(12)23(35)36)19(24(38)37)28-21(34)16(11-4-2-1-3-5-11)27-18-14(32)7-6-13(31)15(18)20(33)26-8-9-30/h1-7,16,19,22,29-30H,8-10H2,(H3-,26,27,28,31,33,34,35,36)/p+1. The molecule has 0 aromatic heterocycles. The largest absolute Gasteiger partial charge is 0.507 e. The van der Waals surface area contributed by atoms with Gasteiger partial charge in [-0.15, -0.1) is 0 Å². The van der Waals surface area contributed by atoms with Gasteiger partial charge in [-0.05, 0) is 17.7 Å². The number of benzene rings is 1. The van der Waals surface area contributed by atoms with Crippen LogP contribution in [0, 0.1) is 0 Å². The number of allylic oxidation sites excluding steroid dienone is 2. The van der Waals surface area contributed by atoms with E-state index in [4.69, 9.17) is 16.7 Å². The molecule has 1 aliphatic carbocycles. The van der Waals surface area contributed by atoms with Gasteiger partial charge in [-0.1, -0.05) is 41.9 Å². The number of halogens is 1. The number of amides is 2. The molecule has 0 radical (unpaired) electrons. The molecule has 1 saturated heterocycles. The third-order valence-corrected chi connectivity index (χ3v) is 8.69. The predicted molar refractivity (Wildman–Crippen MR) is 137 cm³/mol. The molecule has 14 heteroatoms. The molecule has 0 saturated carbocycles. The highest BCUT2D eigenvalue weighted by Crippen LogP contribution is 2.34. The Balaban J connectivity index is 1.66. The third-order valence-electron chi connectivity index (χ3n) is 5.84. The molecule has 1 aromatic rings. The van der Waals surface area contributed by atoms with Crippen molar-refractivity contribution >= 4 is 56.9 Å². The molecule has 2 aliphatic heterocycles. The first-order chi connectivity index (χ1) is 18.1. The zero-order valence-electron chi connectivity index (χ0n) is 19.5. The van der Waals surface area contributed by atoms with E-state index in [1.165, 1.54) is 0 Å². The summed E-state index contributed by atoms with van der Waals surface area (Å²) in [7, 11) is -0.934. The lowest BCUT2D eigenvalue weighted by Gasteiger charge is -2.37. The number of hydrogen-bond acceptors (Lipinski definition) is 9. The van der Waals surface area contributed by atoms with Gasteiger partial charge >= 0.3 is 11.1 Å². The van der Waals surface area contributed by atoms with Crippen molar-refractivity contribution < 1.29 is 39.3 Å². The van der Waals surface area contributed by atoms with Crippen LogP contribution in [-0.4, -0.2) is 80.0 Å². The van der Waals surface area contributed by atoms with Gasteiger partial charge in [-0.25, -0.2) is 9.59 Å². The fourth-order valence-electron chi connectivity index (χ4n) is 4.01. The van der Waals surface area contributed by atoms with Gasteiger partial charge in [0, 0.05) is 6.54 Å². The lowest BCUT2D eigenvalue weighted by molar-refractivity contribution is -0.133. The SMILES string of the molecule is O=C(O)C1=C(Cl)C[S+]2C(=O)C(NC(=O)C(N=C3C(=O)C=CC(O)=C3C(=O)NCCO)c3ccccc3)C2N1. The van der Waals surface area contributed by atoms with Crippen molar-refractivity contribution in [1.29, 1.82) is 0 Å². The molecule has 6 N–H and O–H groups in total. The van der Waals surface area contributed by atoms with E-state index >= 15 is 0 Å². The zero-order valence-corrected chi connectivity index (χ0v) is 21.1. The number of aliphatic imine (C=N–C) groups is 1. The van der Waals surface area contributed by atoms with Crippen LogP contribution in [0.2, 0.25) is 0 Å². The summed E-state index contributed by atoms with van der Waals surface area (Å²) >= 11 is 6.00.